The van der Waals surface area contributed by atoms with Crippen molar-refractivity contribution in [1.29, 1.82) is 0 Å². The largest absolute Gasteiger partial charge is 0.360 e. The molecule has 3 rings (SSSR count). The second-order valence-corrected chi connectivity index (χ2v) is 5.48. The van der Waals surface area contributed by atoms with Gasteiger partial charge in [-0.1, -0.05) is 30.3 Å². The Kier molecular flexibility index (Phi) is 4.24. The number of benzene rings is 1. The minimum Gasteiger partial charge on any atom is -0.360 e. The minimum atomic E-state index is -0.411. The lowest BCUT2D eigenvalue weighted by molar-refractivity contribution is -0.384. The van der Waals surface area contributed by atoms with E-state index in [-0.39, 0.29) is 11.5 Å². The van der Waals surface area contributed by atoms with Crippen molar-refractivity contribution in [2.24, 2.45) is 7.05 Å². The fraction of sp³-hybridized carbons (Fsp3) is 0.176. The third-order valence-corrected chi connectivity index (χ3v) is 3.71. The van der Waals surface area contributed by atoms with E-state index in [1.54, 1.807) is 23.9 Å². The van der Waals surface area contributed by atoms with Crippen molar-refractivity contribution in [2.45, 2.75) is 13.5 Å². The number of nitrogens with zero attached hydrogens (tertiary/aromatic N) is 4. The molecule has 1 N–H and O–H groups in total. The predicted molar refractivity (Wildman–Crippen MR) is 91.6 cm³/mol. The van der Waals surface area contributed by atoms with Crippen molar-refractivity contribution in [3.05, 3.63) is 70.0 Å². The first-order valence-corrected chi connectivity index (χ1v) is 7.48. The van der Waals surface area contributed by atoms with Crippen LogP contribution >= 0.6 is 0 Å². The molecule has 2 heterocycles. The Labute approximate surface area is 139 Å². The monoisotopic (exact) mass is 323 g/mol. The number of anilines is 1. The van der Waals surface area contributed by atoms with Crippen LogP contribution in [-0.2, 0) is 13.6 Å². The van der Waals surface area contributed by atoms with Crippen molar-refractivity contribution in [3.8, 4) is 11.3 Å². The second kappa shape index (κ2) is 6.49. The number of nitro groups is 1. The Morgan fingerprint density at radius 2 is 2.00 bits per heavy atom. The number of hydrogen-bond donors (Lipinski definition) is 1. The Morgan fingerprint density at radius 3 is 2.71 bits per heavy atom. The topological polar surface area (TPSA) is 85.9 Å². The van der Waals surface area contributed by atoms with Gasteiger partial charge in [-0.2, -0.15) is 5.10 Å². The molecule has 0 unspecified atom stereocenters. The average molecular weight is 323 g/mol. The summed E-state index contributed by atoms with van der Waals surface area (Å²) in [6.07, 6.45) is 3.46. The molecule has 0 bridgehead atoms. The lowest BCUT2D eigenvalue weighted by Crippen LogP contribution is -2.06. The second-order valence-electron chi connectivity index (χ2n) is 5.48. The molecule has 2 aromatic heterocycles. The van der Waals surface area contributed by atoms with Crippen LogP contribution in [0.1, 0.15) is 11.1 Å². The van der Waals surface area contributed by atoms with E-state index < -0.39 is 4.92 Å². The van der Waals surface area contributed by atoms with Crippen LogP contribution in [0.2, 0.25) is 0 Å². The fourth-order valence-corrected chi connectivity index (χ4v) is 2.60. The van der Waals surface area contributed by atoms with Gasteiger partial charge >= 0.3 is 5.69 Å². The summed E-state index contributed by atoms with van der Waals surface area (Å²) >= 11 is 0. The minimum absolute atomic E-state index is 0.00246. The maximum Gasteiger partial charge on any atom is 0.314 e. The van der Waals surface area contributed by atoms with Crippen LogP contribution in [0.5, 0.6) is 0 Å². The smallest absolute Gasteiger partial charge is 0.314 e. The number of aryl methyl sites for hydroxylation is 2. The molecule has 0 aliphatic carbocycles. The molecule has 0 fully saturated rings. The van der Waals surface area contributed by atoms with Crippen molar-refractivity contribution in [1.82, 2.24) is 14.8 Å². The number of rotatable bonds is 5. The molecular formula is C17H17N5O2. The molecule has 7 nitrogen and oxygen atoms in total. The Bertz CT molecular complexity index is 874. The van der Waals surface area contributed by atoms with Gasteiger partial charge in [0.05, 0.1) is 10.6 Å². The van der Waals surface area contributed by atoms with E-state index in [1.807, 2.05) is 43.6 Å². The molecule has 1 aromatic carbocycles. The van der Waals surface area contributed by atoms with E-state index in [1.165, 1.54) is 0 Å². The predicted octanol–water partition coefficient (Wildman–Crippen LogP) is 3.31. The highest BCUT2D eigenvalue weighted by atomic mass is 16.6. The summed E-state index contributed by atoms with van der Waals surface area (Å²) in [5.74, 6) is 0.267. The number of aromatic nitrogens is 3. The maximum absolute atomic E-state index is 11.3. The van der Waals surface area contributed by atoms with Gasteiger partial charge in [-0.15, -0.1) is 0 Å². The molecule has 0 aliphatic heterocycles. The molecule has 0 radical (unpaired) electrons. The van der Waals surface area contributed by atoms with Crippen LogP contribution in [-0.4, -0.2) is 19.7 Å². The molecule has 0 saturated carbocycles. The van der Waals surface area contributed by atoms with Crippen molar-refractivity contribution >= 4 is 11.5 Å². The SMILES string of the molecule is Cc1ccnc(NCc2cn(C)nc2-c2ccccc2)c1[N+](=O)[O-]. The van der Waals surface area contributed by atoms with Crippen LogP contribution in [0, 0.1) is 17.0 Å². The van der Waals surface area contributed by atoms with E-state index in [2.05, 4.69) is 15.4 Å². The quantitative estimate of drug-likeness (QED) is 0.575. The van der Waals surface area contributed by atoms with Crippen molar-refractivity contribution in [2.75, 3.05) is 5.32 Å². The summed E-state index contributed by atoms with van der Waals surface area (Å²) in [4.78, 5) is 14.9. The molecule has 0 amide bonds. The third-order valence-electron chi connectivity index (χ3n) is 3.71. The average Bonchev–Trinajstić information content (AvgIpc) is 2.94. The zero-order chi connectivity index (χ0) is 17.1. The zero-order valence-electron chi connectivity index (χ0n) is 13.4. The first-order chi connectivity index (χ1) is 11.6. The number of pyridine rings is 1. The van der Waals surface area contributed by atoms with Crippen molar-refractivity contribution in [3.63, 3.8) is 0 Å². The maximum atomic E-state index is 11.3. The molecule has 7 heteroatoms. The highest BCUT2D eigenvalue weighted by Gasteiger charge is 2.19. The number of nitrogens with one attached hydrogen (secondary N) is 1. The number of hydrogen-bond acceptors (Lipinski definition) is 5. The van der Waals surface area contributed by atoms with Gasteiger partial charge in [0.25, 0.3) is 0 Å². The Hall–Kier alpha value is -3.22. The van der Waals surface area contributed by atoms with Crippen molar-refractivity contribution < 1.29 is 4.92 Å². The lowest BCUT2D eigenvalue weighted by Gasteiger charge is -2.07. The highest BCUT2D eigenvalue weighted by Crippen LogP contribution is 2.27. The lowest BCUT2D eigenvalue weighted by atomic mass is 10.1. The first kappa shape index (κ1) is 15.7. The summed E-state index contributed by atoms with van der Waals surface area (Å²) < 4.78 is 1.73. The summed E-state index contributed by atoms with van der Waals surface area (Å²) in [6.45, 7) is 2.10. The van der Waals surface area contributed by atoms with E-state index in [0.717, 1.165) is 16.8 Å². The highest BCUT2D eigenvalue weighted by molar-refractivity contribution is 5.64. The Morgan fingerprint density at radius 1 is 1.25 bits per heavy atom. The van der Waals surface area contributed by atoms with Gasteiger partial charge in [-0.05, 0) is 13.0 Å². The van der Waals surface area contributed by atoms with Crippen LogP contribution in [0.3, 0.4) is 0 Å². The van der Waals surface area contributed by atoms with Crippen LogP contribution in [0.15, 0.2) is 48.8 Å². The molecule has 24 heavy (non-hydrogen) atoms. The van der Waals surface area contributed by atoms with E-state index >= 15 is 0 Å². The summed E-state index contributed by atoms with van der Waals surface area (Å²) in [6, 6.07) is 11.5. The van der Waals surface area contributed by atoms with E-state index in [0.29, 0.717) is 12.1 Å². The Balaban J connectivity index is 1.89. The zero-order valence-corrected chi connectivity index (χ0v) is 13.4. The molecular weight excluding hydrogens is 306 g/mol. The molecule has 0 atom stereocenters. The first-order valence-electron chi connectivity index (χ1n) is 7.48. The van der Waals surface area contributed by atoms with Gasteiger partial charge in [0.15, 0.2) is 0 Å². The molecule has 122 valence electrons. The molecule has 0 saturated heterocycles. The van der Waals surface area contributed by atoms with Gasteiger partial charge < -0.3 is 5.32 Å². The van der Waals surface area contributed by atoms with Gasteiger partial charge in [-0.3, -0.25) is 14.8 Å². The van der Waals surface area contributed by atoms with Gasteiger partial charge in [0.1, 0.15) is 0 Å². The normalized spacial score (nSPS) is 10.6. The van der Waals surface area contributed by atoms with Crippen LogP contribution < -0.4 is 5.32 Å². The molecule has 0 aliphatic rings. The van der Waals surface area contributed by atoms with Gasteiger partial charge in [0.2, 0.25) is 5.82 Å². The van der Waals surface area contributed by atoms with Gasteiger partial charge in [-0.25, -0.2) is 4.98 Å². The molecule has 0 spiro atoms. The van der Waals surface area contributed by atoms with Crippen LogP contribution in [0.4, 0.5) is 11.5 Å². The fourth-order valence-electron chi connectivity index (χ4n) is 2.60. The molecule has 3 aromatic rings. The standard InChI is InChI=1S/C17H17N5O2/c1-12-8-9-18-17(16(12)22(23)24)19-10-14-11-21(2)20-15(14)13-6-4-3-5-7-13/h3-9,11H,10H2,1-2H3,(H,18,19). The van der Waals surface area contributed by atoms with Crippen LogP contribution in [0.25, 0.3) is 11.3 Å². The van der Waals surface area contributed by atoms with E-state index in [4.69, 9.17) is 0 Å². The van der Waals surface area contributed by atoms with Gasteiger partial charge in [0, 0.05) is 42.7 Å². The summed E-state index contributed by atoms with van der Waals surface area (Å²) in [7, 11) is 1.85. The summed E-state index contributed by atoms with van der Waals surface area (Å²) in [5, 5.41) is 18.8. The summed E-state index contributed by atoms with van der Waals surface area (Å²) in [5.41, 5.74) is 3.37. The van der Waals surface area contributed by atoms with E-state index in [9.17, 15) is 10.1 Å². The third kappa shape index (κ3) is 3.10.